The van der Waals surface area contributed by atoms with Gasteiger partial charge in [-0.05, 0) is 48.1 Å². The molecule has 4 nitrogen and oxygen atoms in total. The first kappa shape index (κ1) is 20.7. The number of alkyl halides is 3. The number of H-pyrrole nitrogens is 1. The zero-order valence-corrected chi connectivity index (χ0v) is 17.6. The van der Waals surface area contributed by atoms with Gasteiger partial charge in [-0.3, -0.25) is 0 Å². The molecule has 1 aliphatic carbocycles. The Morgan fingerprint density at radius 2 is 1.75 bits per heavy atom. The first-order valence-corrected chi connectivity index (χ1v) is 10.7. The lowest BCUT2D eigenvalue weighted by atomic mass is 9.71. The van der Waals surface area contributed by atoms with Crippen molar-refractivity contribution < 1.29 is 13.2 Å². The van der Waals surface area contributed by atoms with Crippen molar-refractivity contribution in [3.63, 3.8) is 0 Å². The van der Waals surface area contributed by atoms with E-state index in [4.69, 9.17) is 5.73 Å². The summed E-state index contributed by atoms with van der Waals surface area (Å²) in [6.07, 6.45) is 0.649. The molecule has 0 aliphatic heterocycles. The van der Waals surface area contributed by atoms with E-state index in [1.54, 1.807) is 0 Å². The first-order chi connectivity index (χ1) is 15.3. The van der Waals surface area contributed by atoms with Crippen LogP contribution in [0.4, 0.5) is 13.2 Å². The second kappa shape index (κ2) is 7.45. The van der Waals surface area contributed by atoms with Gasteiger partial charge in [-0.25, -0.2) is 9.97 Å². The maximum atomic E-state index is 12.8. The first-order valence-electron chi connectivity index (χ1n) is 10.7. The van der Waals surface area contributed by atoms with Gasteiger partial charge in [0.1, 0.15) is 0 Å². The quantitative estimate of drug-likeness (QED) is 0.418. The Balaban J connectivity index is 1.57. The van der Waals surface area contributed by atoms with Crippen LogP contribution in [-0.4, -0.2) is 15.0 Å². The van der Waals surface area contributed by atoms with Crippen LogP contribution in [0.5, 0.6) is 0 Å². The maximum Gasteiger partial charge on any atom is 0.451 e. The minimum absolute atomic E-state index is 0.124. The number of nitrogens with one attached hydrogen (secondary N) is 1. The Bertz CT molecular complexity index is 1260. The highest BCUT2D eigenvalue weighted by Crippen LogP contribution is 2.45. The van der Waals surface area contributed by atoms with Crippen molar-refractivity contribution >= 4 is 10.9 Å². The second-order valence-electron chi connectivity index (χ2n) is 8.56. The van der Waals surface area contributed by atoms with Crippen molar-refractivity contribution in [1.29, 1.82) is 0 Å². The molecule has 1 unspecified atom stereocenters. The normalized spacial score (nSPS) is 19.7. The standard InChI is InChI=1S/C25H23F3N4/c1-15(16-6-3-2-4-7-16)24(29)11-5-8-19-20-12-17(9-10-21(20)32-22(19)24)18-13-30-23(31-14-18)25(26,27)28/h2-4,6-7,9-10,12-15,32H,5,8,11,29H2,1H3/t15-,24?/m1/s1. The Morgan fingerprint density at radius 1 is 1.03 bits per heavy atom. The summed E-state index contributed by atoms with van der Waals surface area (Å²) in [6, 6.07) is 16.1. The van der Waals surface area contributed by atoms with Gasteiger partial charge in [0.05, 0.1) is 5.54 Å². The van der Waals surface area contributed by atoms with Gasteiger partial charge in [-0.15, -0.1) is 0 Å². The van der Waals surface area contributed by atoms with Gasteiger partial charge in [-0.1, -0.05) is 43.3 Å². The number of hydrogen-bond donors (Lipinski definition) is 2. The molecular weight excluding hydrogens is 413 g/mol. The highest BCUT2D eigenvalue weighted by atomic mass is 19.4. The van der Waals surface area contributed by atoms with Crippen LogP contribution in [0.15, 0.2) is 60.9 Å². The van der Waals surface area contributed by atoms with Crippen molar-refractivity contribution in [2.75, 3.05) is 0 Å². The lowest BCUT2D eigenvalue weighted by Gasteiger charge is -2.39. The molecule has 0 saturated carbocycles. The number of halogens is 3. The molecule has 5 rings (SSSR count). The third-order valence-electron chi connectivity index (χ3n) is 6.70. The lowest BCUT2D eigenvalue weighted by molar-refractivity contribution is -0.144. The van der Waals surface area contributed by atoms with Crippen LogP contribution < -0.4 is 5.73 Å². The number of nitrogens with two attached hydrogens (primary N) is 1. The molecule has 2 heterocycles. The molecule has 2 aromatic heterocycles. The Morgan fingerprint density at radius 3 is 2.44 bits per heavy atom. The number of rotatable bonds is 3. The molecular formula is C25H23F3N4. The van der Waals surface area contributed by atoms with Gasteiger partial charge >= 0.3 is 6.18 Å². The Labute approximate surface area is 183 Å². The van der Waals surface area contributed by atoms with Crippen molar-refractivity contribution in [3.05, 3.63) is 83.6 Å². The zero-order valence-electron chi connectivity index (χ0n) is 17.6. The van der Waals surface area contributed by atoms with E-state index < -0.39 is 17.5 Å². The van der Waals surface area contributed by atoms with E-state index in [0.717, 1.165) is 41.4 Å². The summed E-state index contributed by atoms with van der Waals surface area (Å²) in [4.78, 5) is 10.6. The van der Waals surface area contributed by atoms with Gasteiger partial charge in [0.25, 0.3) is 0 Å². The third-order valence-corrected chi connectivity index (χ3v) is 6.70. The van der Waals surface area contributed by atoms with Crippen LogP contribution in [0.1, 0.15) is 48.3 Å². The van der Waals surface area contributed by atoms with Crippen LogP contribution >= 0.6 is 0 Å². The average molecular weight is 436 g/mol. The minimum Gasteiger partial charge on any atom is -0.357 e. The number of hydrogen-bond acceptors (Lipinski definition) is 3. The van der Waals surface area contributed by atoms with Crippen molar-refractivity contribution in [1.82, 2.24) is 15.0 Å². The van der Waals surface area contributed by atoms with Crippen LogP contribution in [-0.2, 0) is 18.1 Å². The summed E-state index contributed by atoms with van der Waals surface area (Å²) in [5.41, 5.74) is 12.3. The fourth-order valence-electron chi connectivity index (χ4n) is 4.86. The number of fused-ring (bicyclic) bond motifs is 3. The second-order valence-corrected chi connectivity index (χ2v) is 8.56. The molecule has 0 spiro atoms. The van der Waals surface area contributed by atoms with E-state index in [0.29, 0.717) is 5.56 Å². The third kappa shape index (κ3) is 3.37. The summed E-state index contributed by atoms with van der Waals surface area (Å²) < 4.78 is 38.4. The summed E-state index contributed by atoms with van der Waals surface area (Å²) in [7, 11) is 0. The molecule has 0 saturated heterocycles. The molecule has 7 heteroatoms. The number of aromatic nitrogens is 3. The topological polar surface area (TPSA) is 67.6 Å². The highest BCUT2D eigenvalue weighted by molar-refractivity contribution is 5.89. The SMILES string of the molecule is C[C@H](c1ccccc1)C1(N)CCCc2c1[nH]c1ccc(-c3cnc(C(F)(F)F)nc3)cc21. The van der Waals surface area contributed by atoms with Crippen LogP contribution in [0.3, 0.4) is 0 Å². The van der Waals surface area contributed by atoms with Gasteiger partial charge in [0, 0.05) is 40.5 Å². The molecule has 2 aromatic carbocycles. The van der Waals surface area contributed by atoms with Crippen molar-refractivity contribution in [2.24, 2.45) is 5.73 Å². The molecule has 164 valence electrons. The van der Waals surface area contributed by atoms with Gasteiger partial charge < -0.3 is 10.7 Å². The monoisotopic (exact) mass is 436 g/mol. The summed E-state index contributed by atoms with van der Waals surface area (Å²) in [5.74, 6) is -1.01. The van der Waals surface area contributed by atoms with Crippen LogP contribution in [0.25, 0.3) is 22.0 Å². The van der Waals surface area contributed by atoms with E-state index in [1.807, 2.05) is 36.4 Å². The fourth-order valence-corrected chi connectivity index (χ4v) is 4.86. The Hall–Kier alpha value is -3.19. The average Bonchev–Trinajstić information content (AvgIpc) is 3.18. The van der Waals surface area contributed by atoms with E-state index in [9.17, 15) is 13.2 Å². The number of nitrogens with zero attached hydrogens (tertiary/aromatic N) is 2. The van der Waals surface area contributed by atoms with E-state index >= 15 is 0 Å². The number of aryl methyl sites for hydroxylation is 1. The Kier molecular flexibility index (Phi) is 4.82. The van der Waals surface area contributed by atoms with Gasteiger partial charge in [-0.2, -0.15) is 13.2 Å². The number of aromatic amines is 1. The molecule has 2 atom stereocenters. The predicted molar refractivity (Wildman–Crippen MR) is 118 cm³/mol. The van der Waals surface area contributed by atoms with Crippen molar-refractivity contribution in [3.8, 4) is 11.1 Å². The van der Waals surface area contributed by atoms with E-state index in [-0.39, 0.29) is 5.92 Å². The summed E-state index contributed by atoms with van der Waals surface area (Å²) in [5, 5.41) is 1.05. The van der Waals surface area contributed by atoms with Crippen LogP contribution in [0, 0.1) is 0 Å². The van der Waals surface area contributed by atoms with Crippen molar-refractivity contribution in [2.45, 2.75) is 43.8 Å². The molecule has 1 aliphatic rings. The predicted octanol–water partition coefficient (Wildman–Crippen LogP) is 5.94. The van der Waals surface area contributed by atoms with E-state index in [2.05, 4.69) is 34.0 Å². The van der Waals surface area contributed by atoms with Gasteiger partial charge in [0.15, 0.2) is 0 Å². The molecule has 32 heavy (non-hydrogen) atoms. The van der Waals surface area contributed by atoms with E-state index in [1.165, 1.54) is 23.5 Å². The zero-order chi connectivity index (χ0) is 22.5. The highest BCUT2D eigenvalue weighted by Gasteiger charge is 2.40. The molecule has 0 amide bonds. The summed E-state index contributed by atoms with van der Waals surface area (Å²) >= 11 is 0. The summed E-state index contributed by atoms with van der Waals surface area (Å²) in [6.45, 7) is 2.17. The molecule has 0 fully saturated rings. The maximum absolute atomic E-state index is 12.8. The fraction of sp³-hybridized carbons (Fsp3) is 0.280. The smallest absolute Gasteiger partial charge is 0.357 e. The minimum atomic E-state index is -4.55. The van der Waals surface area contributed by atoms with Gasteiger partial charge in [0.2, 0.25) is 5.82 Å². The molecule has 3 N–H and O–H groups in total. The lowest BCUT2D eigenvalue weighted by Crippen LogP contribution is -2.44. The molecule has 0 bridgehead atoms. The molecule has 4 aromatic rings. The number of benzene rings is 2. The largest absolute Gasteiger partial charge is 0.451 e. The van der Waals surface area contributed by atoms with Crippen LogP contribution in [0.2, 0.25) is 0 Å². The molecule has 0 radical (unpaired) electrons.